The SMILES string of the molecule is COc1ccc(SCCC(=O)N2CCNC[C@@H]2C)cc1. The molecule has 1 amide bonds. The third-order valence-corrected chi connectivity index (χ3v) is 4.48. The molecule has 0 saturated carbocycles. The summed E-state index contributed by atoms with van der Waals surface area (Å²) in [4.78, 5) is 15.3. The highest BCUT2D eigenvalue weighted by atomic mass is 32.2. The monoisotopic (exact) mass is 294 g/mol. The van der Waals surface area contributed by atoms with E-state index in [1.54, 1.807) is 18.9 Å². The van der Waals surface area contributed by atoms with Crippen molar-refractivity contribution >= 4 is 17.7 Å². The van der Waals surface area contributed by atoms with Gasteiger partial charge in [-0.1, -0.05) is 0 Å². The number of ether oxygens (including phenoxy) is 1. The number of hydrogen-bond donors (Lipinski definition) is 1. The second-order valence-corrected chi connectivity index (χ2v) is 6.08. The molecular weight excluding hydrogens is 272 g/mol. The lowest BCUT2D eigenvalue weighted by Crippen LogP contribution is -2.52. The molecule has 4 nitrogen and oxygen atoms in total. The summed E-state index contributed by atoms with van der Waals surface area (Å²) >= 11 is 1.71. The molecule has 5 heteroatoms. The number of nitrogens with one attached hydrogen (secondary N) is 1. The number of piperazine rings is 1. The van der Waals surface area contributed by atoms with Gasteiger partial charge in [0.05, 0.1) is 7.11 Å². The lowest BCUT2D eigenvalue weighted by molar-refractivity contribution is -0.133. The first-order chi connectivity index (χ1) is 9.70. The minimum Gasteiger partial charge on any atom is -0.497 e. The second-order valence-electron chi connectivity index (χ2n) is 4.91. The van der Waals surface area contributed by atoms with E-state index in [0.717, 1.165) is 31.1 Å². The lowest BCUT2D eigenvalue weighted by Gasteiger charge is -2.34. The van der Waals surface area contributed by atoms with Crippen molar-refractivity contribution in [1.82, 2.24) is 10.2 Å². The minimum atomic E-state index is 0.264. The molecule has 1 aliphatic heterocycles. The van der Waals surface area contributed by atoms with E-state index in [1.807, 2.05) is 29.2 Å². The molecule has 1 aromatic rings. The number of thioether (sulfide) groups is 1. The van der Waals surface area contributed by atoms with Crippen LogP contribution in [0.4, 0.5) is 0 Å². The average Bonchev–Trinajstić information content (AvgIpc) is 2.48. The quantitative estimate of drug-likeness (QED) is 0.843. The van der Waals surface area contributed by atoms with Crippen LogP contribution in [0.3, 0.4) is 0 Å². The molecular formula is C15H22N2O2S. The smallest absolute Gasteiger partial charge is 0.223 e. The number of amides is 1. The van der Waals surface area contributed by atoms with Gasteiger partial charge in [0.25, 0.3) is 0 Å². The standard InChI is InChI=1S/C15H22N2O2S/c1-12-11-16-8-9-17(12)15(18)7-10-20-14-5-3-13(19-2)4-6-14/h3-6,12,16H,7-11H2,1-2H3/t12-/m0/s1. The first-order valence-electron chi connectivity index (χ1n) is 6.97. The van der Waals surface area contributed by atoms with Crippen molar-refractivity contribution in [2.45, 2.75) is 24.3 Å². The minimum absolute atomic E-state index is 0.264. The Kier molecular flexibility index (Phi) is 5.73. The summed E-state index contributed by atoms with van der Waals surface area (Å²) in [5.41, 5.74) is 0. The normalized spacial score (nSPS) is 18.9. The largest absolute Gasteiger partial charge is 0.497 e. The van der Waals surface area contributed by atoms with Crippen LogP contribution in [-0.2, 0) is 4.79 Å². The van der Waals surface area contributed by atoms with Gasteiger partial charge >= 0.3 is 0 Å². The summed E-state index contributed by atoms with van der Waals surface area (Å²) in [6, 6.07) is 8.26. The van der Waals surface area contributed by atoms with Crippen LogP contribution in [0.25, 0.3) is 0 Å². The van der Waals surface area contributed by atoms with E-state index in [2.05, 4.69) is 12.2 Å². The van der Waals surface area contributed by atoms with Crippen molar-refractivity contribution in [2.24, 2.45) is 0 Å². The maximum Gasteiger partial charge on any atom is 0.223 e. The summed E-state index contributed by atoms with van der Waals surface area (Å²) in [5.74, 6) is 1.95. The van der Waals surface area contributed by atoms with Gasteiger partial charge in [0.1, 0.15) is 5.75 Å². The summed E-state index contributed by atoms with van der Waals surface area (Å²) in [6.45, 7) is 4.73. The zero-order valence-electron chi connectivity index (χ0n) is 12.1. The highest BCUT2D eigenvalue weighted by molar-refractivity contribution is 7.99. The molecule has 1 N–H and O–H groups in total. The van der Waals surface area contributed by atoms with Crippen LogP contribution in [0.2, 0.25) is 0 Å². The maximum absolute atomic E-state index is 12.2. The van der Waals surface area contributed by atoms with Crippen LogP contribution in [0.15, 0.2) is 29.2 Å². The molecule has 20 heavy (non-hydrogen) atoms. The Labute approximate surface area is 124 Å². The molecule has 1 fully saturated rings. The summed E-state index contributed by atoms with van der Waals surface area (Å²) in [6.07, 6.45) is 0.598. The van der Waals surface area contributed by atoms with Crippen molar-refractivity contribution in [3.8, 4) is 5.75 Å². The van der Waals surface area contributed by atoms with Crippen molar-refractivity contribution < 1.29 is 9.53 Å². The molecule has 0 spiro atoms. The number of benzene rings is 1. The number of carbonyl (C=O) groups is 1. The zero-order chi connectivity index (χ0) is 14.4. The van der Waals surface area contributed by atoms with Gasteiger partial charge in [-0.15, -0.1) is 11.8 Å². The maximum atomic E-state index is 12.2. The first-order valence-corrected chi connectivity index (χ1v) is 7.96. The van der Waals surface area contributed by atoms with Crippen molar-refractivity contribution in [3.05, 3.63) is 24.3 Å². The third kappa shape index (κ3) is 4.15. The fourth-order valence-corrected chi connectivity index (χ4v) is 3.12. The molecule has 110 valence electrons. The molecule has 1 heterocycles. The molecule has 0 aliphatic carbocycles. The number of methoxy groups -OCH3 is 1. The summed E-state index contributed by atoms with van der Waals surface area (Å²) < 4.78 is 5.13. The van der Waals surface area contributed by atoms with Crippen LogP contribution < -0.4 is 10.1 Å². The molecule has 0 aromatic heterocycles. The Hall–Kier alpha value is -1.20. The van der Waals surface area contributed by atoms with Gasteiger partial charge in [-0.2, -0.15) is 0 Å². The molecule has 1 aliphatic rings. The van der Waals surface area contributed by atoms with Crippen molar-refractivity contribution in [1.29, 1.82) is 0 Å². The Morgan fingerprint density at radius 3 is 2.85 bits per heavy atom. The Morgan fingerprint density at radius 1 is 1.45 bits per heavy atom. The molecule has 2 rings (SSSR count). The average molecular weight is 294 g/mol. The van der Waals surface area contributed by atoms with Gasteiger partial charge in [-0.25, -0.2) is 0 Å². The fourth-order valence-electron chi connectivity index (χ4n) is 2.28. The second kappa shape index (κ2) is 7.55. The summed E-state index contributed by atoms with van der Waals surface area (Å²) in [7, 11) is 1.66. The highest BCUT2D eigenvalue weighted by Crippen LogP contribution is 2.22. The number of hydrogen-bond acceptors (Lipinski definition) is 4. The van der Waals surface area contributed by atoms with Crippen LogP contribution >= 0.6 is 11.8 Å². The Bertz CT molecular complexity index is 436. The number of rotatable bonds is 5. The molecule has 1 saturated heterocycles. The van der Waals surface area contributed by atoms with Gasteiger partial charge in [0.15, 0.2) is 0 Å². The van der Waals surface area contributed by atoms with Crippen LogP contribution in [0.1, 0.15) is 13.3 Å². The molecule has 0 radical (unpaired) electrons. The van der Waals surface area contributed by atoms with E-state index < -0.39 is 0 Å². The van der Waals surface area contributed by atoms with E-state index in [0.29, 0.717) is 12.5 Å². The molecule has 1 atom stereocenters. The van der Waals surface area contributed by atoms with E-state index in [9.17, 15) is 4.79 Å². The van der Waals surface area contributed by atoms with E-state index >= 15 is 0 Å². The lowest BCUT2D eigenvalue weighted by atomic mass is 10.2. The van der Waals surface area contributed by atoms with Crippen LogP contribution in [-0.4, -0.2) is 49.3 Å². The van der Waals surface area contributed by atoms with E-state index in [-0.39, 0.29) is 5.91 Å². The van der Waals surface area contributed by atoms with Gasteiger partial charge < -0.3 is 15.0 Å². The zero-order valence-corrected chi connectivity index (χ0v) is 12.9. The van der Waals surface area contributed by atoms with Gasteiger partial charge in [0.2, 0.25) is 5.91 Å². The van der Waals surface area contributed by atoms with Crippen molar-refractivity contribution in [3.63, 3.8) is 0 Å². The van der Waals surface area contributed by atoms with Gasteiger partial charge in [0, 0.05) is 42.7 Å². The Balaban J connectivity index is 1.75. The summed E-state index contributed by atoms with van der Waals surface area (Å²) in [5, 5.41) is 3.30. The van der Waals surface area contributed by atoms with E-state index in [1.165, 1.54) is 4.90 Å². The predicted molar refractivity (Wildman–Crippen MR) is 82.4 cm³/mol. The van der Waals surface area contributed by atoms with E-state index in [4.69, 9.17) is 4.74 Å². The van der Waals surface area contributed by atoms with Crippen LogP contribution in [0.5, 0.6) is 5.75 Å². The number of nitrogens with zero attached hydrogens (tertiary/aromatic N) is 1. The molecule has 1 aromatic carbocycles. The van der Waals surface area contributed by atoms with Crippen molar-refractivity contribution in [2.75, 3.05) is 32.5 Å². The first kappa shape index (κ1) is 15.2. The fraction of sp³-hybridized carbons (Fsp3) is 0.533. The Morgan fingerprint density at radius 2 is 2.20 bits per heavy atom. The third-order valence-electron chi connectivity index (χ3n) is 3.47. The van der Waals surface area contributed by atoms with Gasteiger partial charge in [-0.05, 0) is 31.2 Å². The highest BCUT2D eigenvalue weighted by Gasteiger charge is 2.22. The van der Waals surface area contributed by atoms with Crippen LogP contribution in [0, 0.1) is 0 Å². The molecule has 0 bridgehead atoms. The molecule has 0 unspecified atom stereocenters. The topological polar surface area (TPSA) is 41.6 Å². The van der Waals surface area contributed by atoms with Gasteiger partial charge in [-0.3, -0.25) is 4.79 Å². The predicted octanol–water partition coefficient (Wildman–Crippen LogP) is 2.00. The number of carbonyl (C=O) groups excluding carboxylic acids is 1.